The first-order valence-corrected chi connectivity index (χ1v) is 4.99. The lowest BCUT2D eigenvalue weighted by Gasteiger charge is -1.99. The largest absolute Gasteiger partial charge is 0.299 e. The minimum Gasteiger partial charge on any atom is -0.299 e. The molecule has 0 radical (unpaired) electrons. The molecular formula is C9H10N2O2S. The maximum atomic E-state index is 10.4. The predicted molar refractivity (Wildman–Crippen MR) is 57.8 cm³/mol. The van der Waals surface area contributed by atoms with Crippen LogP contribution >= 0.6 is 11.8 Å². The molecule has 0 unspecified atom stereocenters. The van der Waals surface area contributed by atoms with E-state index in [4.69, 9.17) is 5.41 Å². The van der Waals surface area contributed by atoms with Crippen LogP contribution in [-0.2, 0) is 5.75 Å². The normalized spacial score (nSPS) is 9.79. The molecule has 0 fully saturated rings. The Kier molecular flexibility index (Phi) is 3.64. The monoisotopic (exact) mass is 210 g/mol. The Morgan fingerprint density at radius 3 is 2.93 bits per heavy atom. The molecule has 14 heavy (non-hydrogen) atoms. The fourth-order valence-electron chi connectivity index (χ4n) is 0.951. The molecule has 4 nitrogen and oxygen atoms in total. The van der Waals surface area contributed by atoms with E-state index in [1.807, 2.05) is 6.07 Å². The predicted octanol–water partition coefficient (Wildman–Crippen LogP) is 2.83. The Morgan fingerprint density at radius 1 is 1.64 bits per heavy atom. The Balaban J connectivity index is 2.73. The van der Waals surface area contributed by atoms with E-state index in [0.717, 1.165) is 5.56 Å². The van der Waals surface area contributed by atoms with E-state index in [0.29, 0.717) is 10.8 Å². The van der Waals surface area contributed by atoms with Gasteiger partial charge in [0.25, 0.3) is 5.69 Å². The molecule has 0 amide bonds. The van der Waals surface area contributed by atoms with E-state index < -0.39 is 4.92 Å². The quantitative estimate of drug-likeness (QED) is 0.361. The first-order chi connectivity index (χ1) is 6.59. The van der Waals surface area contributed by atoms with Gasteiger partial charge in [-0.25, -0.2) is 0 Å². The Morgan fingerprint density at radius 2 is 2.36 bits per heavy atom. The van der Waals surface area contributed by atoms with Crippen molar-refractivity contribution in [2.75, 3.05) is 0 Å². The highest BCUT2D eigenvalue weighted by Gasteiger charge is 2.05. The van der Waals surface area contributed by atoms with E-state index in [9.17, 15) is 10.1 Å². The third-order valence-electron chi connectivity index (χ3n) is 1.58. The summed E-state index contributed by atoms with van der Waals surface area (Å²) in [6.45, 7) is 1.70. The molecular weight excluding hydrogens is 200 g/mol. The molecule has 0 aliphatic carbocycles. The summed E-state index contributed by atoms with van der Waals surface area (Å²) in [5.41, 5.74) is 0.974. The van der Waals surface area contributed by atoms with E-state index in [2.05, 4.69) is 0 Å². The van der Waals surface area contributed by atoms with Gasteiger partial charge in [0, 0.05) is 17.9 Å². The minimum atomic E-state index is -0.411. The topological polar surface area (TPSA) is 67.0 Å². The molecule has 5 heteroatoms. The number of non-ortho nitro benzene ring substituents is 1. The van der Waals surface area contributed by atoms with Crippen molar-refractivity contribution in [2.45, 2.75) is 12.7 Å². The van der Waals surface area contributed by atoms with Gasteiger partial charge in [-0.3, -0.25) is 15.5 Å². The summed E-state index contributed by atoms with van der Waals surface area (Å²) in [6.07, 6.45) is 0. The minimum absolute atomic E-state index is 0.103. The summed E-state index contributed by atoms with van der Waals surface area (Å²) in [6, 6.07) is 6.48. The summed E-state index contributed by atoms with van der Waals surface area (Å²) in [4.78, 5) is 10.0. The van der Waals surface area contributed by atoms with Gasteiger partial charge in [0.15, 0.2) is 0 Å². The van der Waals surface area contributed by atoms with Crippen LogP contribution in [0.3, 0.4) is 0 Å². The van der Waals surface area contributed by atoms with Crippen LogP contribution in [0.5, 0.6) is 0 Å². The van der Waals surface area contributed by atoms with Crippen molar-refractivity contribution in [3.05, 3.63) is 39.9 Å². The highest BCUT2D eigenvalue weighted by molar-refractivity contribution is 8.13. The zero-order chi connectivity index (χ0) is 10.6. The number of rotatable bonds is 3. The molecule has 0 saturated carbocycles. The van der Waals surface area contributed by atoms with Gasteiger partial charge in [0.2, 0.25) is 0 Å². The zero-order valence-electron chi connectivity index (χ0n) is 7.69. The molecule has 0 aromatic heterocycles. The van der Waals surface area contributed by atoms with Crippen LogP contribution in [-0.4, -0.2) is 9.97 Å². The second-order valence-electron chi connectivity index (χ2n) is 2.77. The average Bonchev–Trinajstić information content (AvgIpc) is 2.15. The van der Waals surface area contributed by atoms with Gasteiger partial charge in [0.05, 0.1) is 9.97 Å². The SMILES string of the molecule is CC(=N)SCc1cccc([N+](=O)[O-])c1. The maximum Gasteiger partial charge on any atom is 0.269 e. The first kappa shape index (κ1) is 10.7. The number of nitrogens with zero attached hydrogens (tertiary/aromatic N) is 1. The number of hydrogen-bond acceptors (Lipinski definition) is 4. The number of thioether (sulfide) groups is 1. The molecule has 0 bridgehead atoms. The van der Waals surface area contributed by atoms with E-state index in [1.165, 1.54) is 23.9 Å². The Hall–Kier alpha value is -1.36. The smallest absolute Gasteiger partial charge is 0.269 e. The van der Waals surface area contributed by atoms with Crippen LogP contribution in [0, 0.1) is 15.5 Å². The first-order valence-electron chi connectivity index (χ1n) is 4.01. The van der Waals surface area contributed by atoms with Gasteiger partial charge in [0.1, 0.15) is 0 Å². The summed E-state index contributed by atoms with van der Waals surface area (Å²) in [5, 5.41) is 18.2. The number of hydrogen-bond donors (Lipinski definition) is 1. The fraction of sp³-hybridized carbons (Fsp3) is 0.222. The van der Waals surface area contributed by atoms with Crippen molar-refractivity contribution < 1.29 is 4.92 Å². The number of nitro benzene ring substituents is 1. The molecule has 74 valence electrons. The lowest BCUT2D eigenvalue weighted by Crippen LogP contribution is -1.90. The van der Waals surface area contributed by atoms with E-state index in [1.54, 1.807) is 13.0 Å². The van der Waals surface area contributed by atoms with E-state index in [-0.39, 0.29) is 5.69 Å². The molecule has 1 aromatic rings. The number of nitro groups is 1. The summed E-state index contributed by atoms with van der Waals surface area (Å²) < 4.78 is 0. The second kappa shape index (κ2) is 4.76. The average molecular weight is 210 g/mol. The molecule has 0 aliphatic rings. The number of benzene rings is 1. The molecule has 1 N–H and O–H groups in total. The van der Waals surface area contributed by atoms with Crippen molar-refractivity contribution in [2.24, 2.45) is 0 Å². The molecule has 0 atom stereocenters. The van der Waals surface area contributed by atoms with Crippen molar-refractivity contribution in [3.63, 3.8) is 0 Å². The van der Waals surface area contributed by atoms with Crippen LogP contribution in [0.2, 0.25) is 0 Å². The Bertz CT molecular complexity index is 366. The van der Waals surface area contributed by atoms with Crippen LogP contribution in [0.4, 0.5) is 5.69 Å². The second-order valence-corrected chi connectivity index (χ2v) is 3.96. The highest BCUT2D eigenvalue weighted by Crippen LogP contribution is 2.18. The fourth-order valence-corrected chi connectivity index (χ4v) is 1.51. The summed E-state index contributed by atoms with van der Waals surface area (Å²) in [5.74, 6) is 0.608. The molecule has 1 aromatic carbocycles. The van der Waals surface area contributed by atoms with Gasteiger partial charge >= 0.3 is 0 Å². The van der Waals surface area contributed by atoms with E-state index >= 15 is 0 Å². The molecule has 0 spiro atoms. The Labute approximate surface area is 86.0 Å². The standard InChI is InChI=1S/C9H10N2O2S/c1-7(10)14-6-8-3-2-4-9(5-8)11(12)13/h2-5,10H,6H2,1H3. The third kappa shape index (κ3) is 3.18. The maximum absolute atomic E-state index is 10.4. The van der Waals surface area contributed by atoms with Gasteiger partial charge in [-0.05, 0) is 12.5 Å². The van der Waals surface area contributed by atoms with Gasteiger partial charge in [-0.2, -0.15) is 0 Å². The molecule has 0 heterocycles. The van der Waals surface area contributed by atoms with Crippen LogP contribution < -0.4 is 0 Å². The highest BCUT2D eigenvalue weighted by atomic mass is 32.2. The van der Waals surface area contributed by atoms with Crippen LogP contribution in [0.1, 0.15) is 12.5 Å². The summed E-state index contributed by atoms with van der Waals surface area (Å²) in [7, 11) is 0. The van der Waals surface area contributed by atoms with Crippen molar-refractivity contribution in [1.29, 1.82) is 5.41 Å². The summed E-state index contributed by atoms with van der Waals surface area (Å²) >= 11 is 1.37. The molecule has 1 rings (SSSR count). The van der Waals surface area contributed by atoms with Crippen molar-refractivity contribution >= 4 is 22.5 Å². The molecule has 0 saturated heterocycles. The lowest BCUT2D eigenvalue weighted by atomic mass is 10.2. The van der Waals surface area contributed by atoms with Crippen LogP contribution in [0.25, 0.3) is 0 Å². The number of nitrogens with one attached hydrogen (secondary N) is 1. The van der Waals surface area contributed by atoms with Crippen LogP contribution in [0.15, 0.2) is 24.3 Å². The van der Waals surface area contributed by atoms with Crippen molar-refractivity contribution in [3.8, 4) is 0 Å². The lowest BCUT2D eigenvalue weighted by molar-refractivity contribution is -0.384. The van der Waals surface area contributed by atoms with Crippen molar-refractivity contribution in [1.82, 2.24) is 0 Å². The third-order valence-corrected chi connectivity index (χ3v) is 2.49. The van der Waals surface area contributed by atoms with Gasteiger partial charge < -0.3 is 0 Å². The van der Waals surface area contributed by atoms with Gasteiger partial charge in [-0.1, -0.05) is 12.1 Å². The molecule has 0 aliphatic heterocycles. The zero-order valence-corrected chi connectivity index (χ0v) is 8.50. The van der Waals surface area contributed by atoms with Gasteiger partial charge in [-0.15, -0.1) is 11.8 Å².